The predicted octanol–water partition coefficient (Wildman–Crippen LogP) is 1.30. The van der Waals surface area contributed by atoms with Crippen LogP contribution in [0.3, 0.4) is 0 Å². The Kier molecular flexibility index (Phi) is 3.10. The molecule has 0 amide bonds. The molecule has 0 saturated carbocycles. The second-order valence-electron chi connectivity index (χ2n) is 4.65. The van der Waals surface area contributed by atoms with Crippen LogP contribution in [0.15, 0.2) is 6.07 Å². The highest BCUT2D eigenvalue weighted by Crippen LogP contribution is 2.24. The summed E-state index contributed by atoms with van der Waals surface area (Å²) in [6.45, 7) is 7.64. The van der Waals surface area contributed by atoms with Gasteiger partial charge >= 0.3 is 0 Å². The van der Waals surface area contributed by atoms with Crippen molar-refractivity contribution in [1.82, 2.24) is 9.97 Å². The Labute approximate surface area is 96.3 Å². The Hall–Kier alpha value is -1.16. The maximum absolute atomic E-state index is 9.57. The average Bonchev–Trinajstić information content (AvgIpc) is 2.64. The number of hydrogen-bond acceptors (Lipinski definition) is 4. The third-order valence-corrected chi connectivity index (χ3v) is 3.18. The van der Waals surface area contributed by atoms with E-state index in [9.17, 15) is 5.11 Å². The largest absolute Gasteiger partial charge is 0.393 e. The molecule has 0 bridgehead atoms. The Morgan fingerprint density at radius 2 is 2.19 bits per heavy atom. The quantitative estimate of drug-likeness (QED) is 0.818. The van der Waals surface area contributed by atoms with Gasteiger partial charge < -0.3 is 10.0 Å². The van der Waals surface area contributed by atoms with Gasteiger partial charge in [-0.05, 0) is 27.2 Å². The number of aliphatic hydroxyl groups is 1. The maximum Gasteiger partial charge on any atom is 0.132 e. The van der Waals surface area contributed by atoms with E-state index in [0.29, 0.717) is 5.92 Å². The third-order valence-electron chi connectivity index (χ3n) is 3.18. The number of hydrogen-bond donors (Lipinski definition) is 1. The van der Waals surface area contributed by atoms with Crippen LogP contribution in [0, 0.1) is 19.8 Å². The van der Waals surface area contributed by atoms with Crippen LogP contribution < -0.4 is 4.90 Å². The summed E-state index contributed by atoms with van der Waals surface area (Å²) in [7, 11) is 0. The predicted molar refractivity (Wildman–Crippen MR) is 63.5 cm³/mol. The number of anilines is 1. The van der Waals surface area contributed by atoms with Gasteiger partial charge in [-0.1, -0.05) is 0 Å². The lowest BCUT2D eigenvalue weighted by molar-refractivity contribution is 0.136. The van der Waals surface area contributed by atoms with Crippen LogP contribution in [-0.4, -0.2) is 34.3 Å². The van der Waals surface area contributed by atoms with E-state index in [1.807, 2.05) is 26.8 Å². The first-order valence-corrected chi connectivity index (χ1v) is 5.81. The SMILES string of the molecule is Cc1cc(N2CCC(C(C)O)C2)nc(C)n1. The van der Waals surface area contributed by atoms with Gasteiger partial charge in [0.15, 0.2) is 0 Å². The van der Waals surface area contributed by atoms with Gasteiger partial charge in [-0.2, -0.15) is 0 Å². The standard InChI is InChI=1S/C12H19N3O/c1-8-6-12(14-10(3)13-8)15-5-4-11(7-15)9(2)16/h6,9,11,16H,4-5,7H2,1-3H3. The van der Waals surface area contributed by atoms with Crippen LogP contribution in [0.2, 0.25) is 0 Å². The van der Waals surface area contributed by atoms with Crippen molar-refractivity contribution in [3.05, 3.63) is 17.6 Å². The van der Waals surface area contributed by atoms with Crippen molar-refractivity contribution in [3.8, 4) is 0 Å². The number of nitrogens with zero attached hydrogens (tertiary/aromatic N) is 3. The molecule has 1 aliphatic rings. The molecule has 1 saturated heterocycles. The molecular formula is C12H19N3O. The van der Waals surface area contributed by atoms with Gasteiger partial charge in [-0.3, -0.25) is 0 Å². The van der Waals surface area contributed by atoms with Crippen LogP contribution in [-0.2, 0) is 0 Å². The molecule has 1 aliphatic heterocycles. The summed E-state index contributed by atoms with van der Waals surface area (Å²) in [6, 6.07) is 2.01. The molecule has 1 aromatic rings. The van der Waals surface area contributed by atoms with Crippen molar-refractivity contribution in [2.24, 2.45) is 5.92 Å². The molecule has 2 unspecified atom stereocenters. The van der Waals surface area contributed by atoms with Crippen molar-refractivity contribution in [3.63, 3.8) is 0 Å². The zero-order valence-corrected chi connectivity index (χ0v) is 10.1. The monoisotopic (exact) mass is 221 g/mol. The Bertz CT molecular complexity index is 358. The van der Waals surface area contributed by atoms with E-state index in [1.54, 1.807) is 0 Å². The molecule has 88 valence electrons. The molecular weight excluding hydrogens is 202 g/mol. The van der Waals surface area contributed by atoms with Crippen molar-refractivity contribution < 1.29 is 5.11 Å². The van der Waals surface area contributed by atoms with Gasteiger partial charge in [0.25, 0.3) is 0 Å². The molecule has 2 rings (SSSR count). The van der Waals surface area contributed by atoms with E-state index >= 15 is 0 Å². The summed E-state index contributed by atoms with van der Waals surface area (Å²) in [4.78, 5) is 11.0. The smallest absolute Gasteiger partial charge is 0.132 e. The first kappa shape index (κ1) is 11.3. The molecule has 2 atom stereocenters. The van der Waals surface area contributed by atoms with Gasteiger partial charge in [-0.15, -0.1) is 0 Å². The summed E-state index contributed by atoms with van der Waals surface area (Å²) in [6.07, 6.45) is 0.814. The Morgan fingerprint density at radius 1 is 1.44 bits per heavy atom. The molecule has 0 aromatic carbocycles. The van der Waals surface area contributed by atoms with Crippen LogP contribution in [0.1, 0.15) is 24.9 Å². The van der Waals surface area contributed by atoms with Crippen LogP contribution in [0.4, 0.5) is 5.82 Å². The summed E-state index contributed by atoms with van der Waals surface area (Å²) < 4.78 is 0. The molecule has 1 N–H and O–H groups in total. The van der Waals surface area contributed by atoms with Crippen LogP contribution >= 0.6 is 0 Å². The highest BCUT2D eigenvalue weighted by atomic mass is 16.3. The van der Waals surface area contributed by atoms with Crippen molar-refractivity contribution in [2.45, 2.75) is 33.3 Å². The molecule has 0 radical (unpaired) electrons. The number of aryl methyl sites for hydroxylation is 2. The Morgan fingerprint density at radius 3 is 2.75 bits per heavy atom. The second-order valence-corrected chi connectivity index (χ2v) is 4.65. The zero-order chi connectivity index (χ0) is 11.7. The third kappa shape index (κ3) is 2.32. The van der Waals surface area contributed by atoms with E-state index in [0.717, 1.165) is 36.8 Å². The minimum atomic E-state index is -0.228. The molecule has 16 heavy (non-hydrogen) atoms. The van der Waals surface area contributed by atoms with E-state index in [1.165, 1.54) is 0 Å². The normalized spacial score (nSPS) is 22.5. The van der Waals surface area contributed by atoms with Crippen molar-refractivity contribution >= 4 is 5.82 Å². The van der Waals surface area contributed by atoms with E-state index in [-0.39, 0.29) is 6.10 Å². The summed E-state index contributed by atoms with van der Waals surface area (Å²) in [5, 5.41) is 9.57. The summed E-state index contributed by atoms with van der Waals surface area (Å²) in [5.74, 6) is 2.18. The van der Waals surface area contributed by atoms with Gasteiger partial charge in [0.05, 0.1) is 6.10 Å². The van der Waals surface area contributed by atoms with Gasteiger partial charge in [0.1, 0.15) is 11.6 Å². The van der Waals surface area contributed by atoms with Crippen LogP contribution in [0.5, 0.6) is 0 Å². The van der Waals surface area contributed by atoms with Gasteiger partial charge in [-0.25, -0.2) is 9.97 Å². The lowest BCUT2D eigenvalue weighted by atomic mass is 10.0. The number of rotatable bonds is 2. The summed E-state index contributed by atoms with van der Waals surface area (Å²) >= 11 is 0. The molecule has 1 fully saturated rings. The molecule has 0 spiro atoms. The zero-order valence-electron chi connectivity index (χ0n) is 10.1. The highest BCUT2D eigenvalue weighted by Gasteiger charge is 2.26. The van der Waals surface area contributed by atoms with E-state index in [4.69, 9.17) is 0 Å². The molecule has 4 heteroatoms. The van der Waals surface area contributed by atoms with Gasteiger partial charge in [0.2, 0.25) is 0 Å². The summed E-state index contributed by atoms with van der Waals surface area (Å²) in [5.41, 5.74) is 1.00. The lowest BCUT2D eigenvalue weighted by Crippen LogP contribution is -2.25. The molecule has 0 aliphatic carbocycles. The van der Waals surface area contributed by atoms with E-state index < -0.39 is 0 Å². The lowest BCUT2D eigenvalue weighted by Gasteiger charge is -2.19. The fraction of sp³-hybridized carbons (Fsp3) is 0.667. The minimum absolute atomic E-state index is 0.228. The highest BCUT2D eigenvalue weighted by molar-refractivity contribution is 5.40. The Balaban J connectivity index is 2.14. The number of aromatic nitrogens is 2. The molecule has 1 aromatic heterocycles. The van der Waals surface area contributed by atoms with Crippen molar-refractivity contribution in [2.75, 3.05) is 18.0 Å². The first-order valence-electron chi connectivity index (χ1n) is 5.81. The van der Waals surface area contributed by atoms with Crippen LogP contribution in [0.25, 0.3) is 0 Å². The topological polar surface area (TPSA) is 49.2 Å². The average molecular weight is 221 g/mol. The second kappa shape index (κ2) is 4.37. The van der Waals surface area contributed by atoms with E-state index in [2.05, 4.69) is 14.9 Å². The minimum Gasteiger partial charge on any atom is -0.393 e. The fourth-order valence-electron chi connectivity index (χ4n) is 2.25. The van der Waals surface area contributed by atoms with Gasteiger partial charge in [0, 0.05) is 30.8 Å². The molecule has 2 heterocycles. The first-order chi connectivity index (χ1) is 7.56. The fourth-order valence-corrected chi connectivity index (χ4v) is 2.25. The van der Waals surface area contributed by atoms with Crippen molar-refractivity contribution in [1.29, 1.82) is 0 Å². The number of aliphatic hydroxyl groups excluding tert-OH is 1. The maximum atomic E-state index is 9.57. The molecule has 4 nitrogen and oxygen atoms in total.